The second-order valence-electron chi connectivity index (χ2n) is 7.11. The van der Waals surface area contributed by atoms with Crippen LogP contribution < -0.4 is 4.90 Å². The molecule has 0 saturated carbocycles. The molecule has 2 fully saturated rings. The maximum Gasteiger partial charge on any atom is 0.271 e. The van der Waals surface area contributed by atoms with Crippen LogP contribution in [0.25, 0.3) is 0 Å². The van der Waals surface area contributed by atoms with Crippen LogP contribution in [0, 0.1) is 5.41 Å². The Morgan fingerprint density at radius 1 is 1.16 bits per heavy atom. The highest BCUT2D eigenvalue weighted by molar-refractivity contribution is 5.92. The number of H-pyrrole nitrogens is 1. The van der Waals surface area contributed by atoms with Crippen LogP contribution in [0.5, 0.6) is 0 Å². The third-order valence-electron chi connectivity index (χ3n) is 5.24. The molecule has 1 aromatic carbocycles. The highest BCUT2D eigenvalue weighted by Crippen LogP contribution is 2.35. The molecule has 1 amide bonds. The summed E-state index contributed by atoms with van der Waals surface area (Å²) in [7, 11) is 0. The summed E-state index contributed by atoms with van der Waals surface area (Å²) >= 11 is 0. The summed E-state index contributed by atoms with van der Waals surface area (Å²) in [6, 6.07) is 12.2. The van der Waals surface area contributed by atoms with E-state index >= 15 is 0 Å². The lowest BCUT2D eigenvalue weighted by atomic mass is 9.80. The third-order valence-corrected chi connectivity index (χ3v) is 5.24. The van der Waals surface area contributed by atoms with Crippen molar-refractivity contribution in [3.8, 4) is 0 Å². The second kappa shape index (κ2) is 6.88. The monoisotopic (exact) mass is 340 g/mol. The number of carbonyl (C=O) groups excluding carboxylic acids is 1. The zero-order valence-electron chi connectivity index (χ0n) is 14.4. The van der Waals surface area contributed by atoms with E-state index in [-0.39, 0.29) is 11.3 Å². The van der Waals surface area contributed by atoms with Crippen LogP contribution in [-0.2, 0) is 4.74 Å². The standard InChI is InChI=1S/C19H24N4O2/c24-18(17-7-9-20-21-17)23-10-4-8-19(14-23)13-22(11-12-25-15-19)16-5-2-1-3-6-16/h1-3,5-7,9H,4,8,10-15H2,(H,20,21)/t19-/m1/s1. The fraction of sp³-hybridized carbons (Fsp3) is 0.474. The molecule has 132 valence electrons. The van der Waals surface area contributed by atoms with Crippen LogP contribution in [0.15, 0.2) is 42.6 Å². The molecule has 0 radical (unpaired) electrons. The third kappa shape index (κ3) is 3.39. The summed E-state index contributed by atoms with van der Waals surface area (Å²) in [5.74, 6) is 0.0343. The summed E-state index contributed by atoms with van der Waals surface area (Å²) in [6.45, 7) is 4.78. The number of rotatable bonds is 2. The van der Waals surface area contributed by atoms with Crippen LogP contribution in [0.1, 0.15) is 23.3 Å². The Hall–Kier alpha value is -2.34. The average Bonchev–Trinajstić information content (AvgIpc) is 3.12. The zero-order valence-corrected chi connectivity index (χ0v) is 14.4. The van der Waals surface area contributed by atoms with E-state index in [1.165, 1.54) is 5.69 Å². The lowest BCUT2D eigenvalue weighted by molar-refractivity contribution is 0.0133. The lowest BCUT2D eigenvalue weighted by Crippen LogP contribution is -2.52. The Morgan fingerprint density at radius 3 is 2.84 bits per heavy atom. The molecule has 0 bridgehead atoms. The van der Waals surface area contributed by atoms with E-state index in [2.05, 4.69) is 39.4 Å². The van der Waals surface area contributed by atoms with Gasteiger partial charge in [-0.1, -0.05) is 18.2 Å². The van der Waals surface area contributed by atoms with Gasteiger partial charge >= 0.3 is 0 Å². The number of hydrogen-bond acceptors (Lipinski definition) is 4. The van der Waals surface area contributed by atoms with Crippen molar-refractivity contribution >= 4 is 11.6 Å². The maximum absolute atomic E-state index is 12.7. The molecule has 1 aromatic heterocycles. The molecule has 2 saturated heterocycles. The van der Waals surface area contributed by atoms with Gasteiger partial charge in [0, 0.05) is 43.5 Å². The molecule has 4 rings (SSSR count). The van der Waals surface area contributed by atoms with Crippen molar-refractivity contribution in [2.24, 2.45) is 5.41 Å². The largest absolute Gasteiger partial charge is 0.379 e. The molecule has 2 aromatic rings. The molecule has 2 aliphatic heterocycles. The highest BCUT2D eigenvalue weighted by atomic mass is 16.5. The first-order valence-electron chi connectivity index (χ1n) is 8.92. The van der Waals surface area contributed by atoms with E-state index in [1.807, 2.05) is 11.0 Å². The predicted octanol–water partition coefficient (Wildman–Crippen LogP) is 2.17. The number of nitrogens with zero attached hydrogens (tertiary/aromatic N) is 3. The minimum Gasteiger partial charge on any atom is -0.379 e. The minimum atomic E-state index is -0.0136. The first-order valence-corrected chi connectivity index (χ1v) is 8.92. The lowest BCUT2D eigenvalue weighted by Gasteiger charge is -2.43. The topological polar surface area (TPSA) is 61.5 Å². The van der Waals surface area contributed by atoms with Crippen molar-refractivity contribution in [2.75, 3.05) is 44.3 Å². The number of amides is 1. The number of nitrogens with one attached hydrogen (secondary N) is 1. The van der Waals surface area contributed by atoms with E-state index in [1.54, 1.807) is 12.3 Å². The number of ether oxygens (including phenoxy) is 1. The first-order chi connectivity index (χ1) is 12.3. The van der Waals surface area contributed by atoms with Gasteiger partial charge < -0.3 is 14.5 Å². The van der Waals surface area contributed by atoms with Gasteiger partial charge in [0.05, 0.1) is 13.2 Å². The quantitative estimate of drug-likeness (QED) is 0.910. The molecule has 3 heterocycles. The van der Waals surface area contributed by atoms with Gasteiger partial charge in [-0.25, -0.2) is 0 Å². The molecule has 1 N–H and O–H groups in total. The molecular weight excluding hydrogens is 316 g/mol. The number of hydrogen-bond donors (Lipinski definition) is 1. The normalized spacial score (nSPS) is 24.3. The minimum absolute atomic E-state index is 0.0136. The van der Waals surface area contributed by atoms with Gasteiger partial charge in [0.25, 0.3) is 5.91 Å². The Balaban J connectivity index is 1.53. The van der Waals surface area contributed by atoms with Crippen LogP contribution in [-0.4, -0.2) is 60.4 Å². The SMILES string of the molecule is O=C(c1ccn[nH]1)N1CCC[C@]2(COCCN(c3ccccc3)C2)C1. The van der Waals surface area contributed by atoms with Crippen molar-refractivity contribution in [3.63, 3.8) is 0 Å². The van der Waals surface area contributed by atoms with Gasteiger partial charge in [0.2, 0.25) is 0 Å². The summed E-state index contributed by atoms with van der Waals surface area (Å²) in [5.41, 5.74) is 1.77. The number of aromatic amines is 1. The van der Waals surface area contributed by atoms with E-state index in [9.17, 15) is 4.79 Å². The summed E-state index contributed by atoms with van der Waals surface area (Å²) < 4.78 is 5.96. The molecule has 0 aliphatic carbocycles. The Morgan fingerprint density at radius 2 is 2.04 bits per heavy atom. The number of aromatic nitrogens is 2. The second-order valence-corrected chi connectivity index (χ2v) is 7.11. The fourth-order valence-corrected chi connectivity index (χ4v) is 4.03. The van der Waals surface area contributed by atoms with E-state index in [0.717, 1.165) is 45.6 Å². The summed E-state index contributed by atoms with van der Waals surface area (Å²) in [6.07, 6.45) is 3.72. The van der Waals surface area contributed by atoms with Gasteiger partial charge in [-0.15, -0.1) is 0 Å². The molecule has 1 atom stereocenters. The number of para-hydroxylation sites is 1. The summed E-state index contributed by atoms with van der Waals surface area (Å²) in [4.78, 5) is 17.1. The van der Waals surface area contributed by atoms with Crippen LogP contribution >= 0.6 is 0 Å². The van der Waals surface area contributed by atoms with Crippen molar-refractivity contribution < 1.29 is 9.53 Å². The molecule has 1 spiro atoms. The zero-order chi connectivity index (χ0) is 17.1. The highest BCUT2D eigenvalue weighted by Gasteiger charge is 2.40. The van der Waals surface area contributed by atoms with Crippen molar-refractivity contribution in [3.05, 3.63) is 48.3 Å². The fourth-order valence-electron chi connectivity index (χ4n) is 4.03. The molecule has 6 nitrogen and oxygen atoms in total. The number of likely N-dealkylation sites (tertiary alicyclic amines) is 1. The van der Waals surface area contributed by atoms with Gasteiger partial charge in [0.15, 0.2) is 0 Å². The number of piperidine rings is 1. The Kier molecular flexibility index (Phi) is 4.44. The average molecular weight is 340 g/mol. The van der Waals surface area contributed by atoms with E-state index in [4.69, 9.17) is 4.74 Å². The van der Waals surface area contributed by atoms with E-state index in [0.29, 0.717) is 12.3 Å². The first kappa shape index (κ1) is 16.1. The van der Waals surface area contributed by atoms with Crippen molar-refractivity contribution in [2.45, 2.75) is 12.8 Å². The maximum atomic E-state index is 12.7. The molecule has 2 aliphatic rings. The smallest absolute Gasteiger partial charge is 0.271 e. The van der Waals surface area contributed by atoms with Crippen molar-refractivity contribution in [1.82, 2.24) is 15.1 Å². The number of carbonyl (C=O) groups is 1. The predicted molar refractivity (Wildman–Crippen MR) is 95.6 cm³/mol. The number of benzene rings is 1. The van der Waals surface area contributed by atoms with Crippen molar-refractivity contribution in [1.29, 1.82) is 0 Å². The van der Waals surface area contributed by atoms with Gasteiger partial charge in [-0.3, -0.25) is 9.89 Å². The van der Waals surface area contributed by atoms with Gasteiger partial charge in [-0.2, -0.15) is 5.10 Å². The van der Waals surface area contributed by atoms with E-state index < -0.39 is 0 Å². The van der Waals surface area contributed by atoms with Gasteiger partial charge in [0.1, 0.15) is 5.69 Å². The summed E-state index contributed by atoms with van der Waals surface area (Å²) in [5, 5.41) is 6.69. The molecule has 6 heteroatoms. The van der Waals surface area contributed by atoms with Crippen LogP contribution in [0.3, 0.4) is 0 Å². The Bertz CT molecular complexity index is 703. The van der Waals surface area contributed by atoms with Crippen LogP contribution in [0.2, 0.25) is 0 Å². The van der Waals surface area contributed by atoms with Gasteiger partial charge in [-0.05, 0) is 31.0 Å². The molecule has 25 heavy (non-hydrogen) atoms. The molecule has 0 unspecified atom stereocenters. The Labute approximate surface area is 147 Å². The molecular formula is C19H24N4O2. The van der Waals surface area contributed by atoms with Crippen LogP contribution in [0.4, 0.5) is 5.69 Å². The number of anilines is 1.